The highest BCUT2D eigenvalue weighted by atomic mass is 127. The van der Waals surface area contributed by atoms with Gasteiger partial charge in [0.2, 0.25) is 0 Å². The number of hydrogen-bond acceptors (Lipinski definition) is 2. The number of benzene rings is 1. The molecule has 0 unspecified atom stereocenters. The zero-order valence-corrected chi connectivity index (χ0v) is 12.5. The van der Waals surface area contributed by atoms with E-state index < -0.39 is 0 Å². The Labute approximate surface area is 120 Å². The number of nitrogens with zero attached hydrogens (tertiary/aromatic N) is 1. The van der Waals surface area contributed by atoms with Gasteiger partial charge in [-0.2, -0.15) is 0 Å². The molecule has 0 atom stereocenters. The summed E-state index contributed by atoms with van der Waals surface area (Å²) in [4.78, 5) is 14.0. The summed E-state index contributed by atoms with van der Waals surface area (Å²) in [5.41, 5.74) is 1.78. The maximum atomic E-state index is 12.3. The van der Waals surface area contributed by atoms with Crippen molar-refractivity contribution in [3.8, 4) is 0 Å². The molecule has 0 aliphatic heterocycles. The molecule has 0 spiro atoms. The lowest BCUT2D eigenvalue weighted by molar-refractivity contribution is 0.0783. The van der Waals surface area contributed by atoms with E-state index >= 15 is 0 Å². The predicted octanol–water partition coefficient (Wildman–Crippen LogP) is 3.46. The van der Waals surface area contributed by atoms with Crippen molar-refractivity contribution >= 4 is 28.5 Å². The topological polar surface area (TPSA) is 33.5 Å². The number of carbonyl (C=O) groups excluding carboxylic acids is 1. The Morgan fingerprint density at radius 2 is 2.06 bits per heavy atom. The molecular weight excluding hydrogens is 341 g/mol. The van der Waals surface area contributed by atoms with Gasteiger partial charge in [0.15, 0.2) is 0 Å². The standard InChI is InChI=1S/C14H14INO2/c1-10-11(7-8-18-10)9-16(2)14(17)12-5-3-4-6-13(12)15/h3-8H,9H2,1-2H3. The van der Waals surface area contributed by atoms with Crippen LogP contribution in [0.15, 0.2) is 41.0 Å². The maximum absolute atomic E-state index is 12.3. The van der Waals surface area contributed by atoms with Crippen LogP contribution in [0.25, 0.3) is 0 Å². The van der Waals surface area contributed by atoms with Gasteiger partial charge in [-0.1, -0.05) is 12.1 Å². The number of amides is 1. The van der Waals surface area contributed by atoms with Gasteiger partial charge in [0, 0.05) is 22.7 Å². The molecule has 18 heavy (non-hydrogen) atoms. The average molecular weight is 355 g/mol. The minimum atomic E-state index is 0.0283. The van der Waals surface area contributed by atoms with E-state index in [0.717, 1.165) is 20.5 Å². The third-order valence-corrected chi connectivity index (χ3v) is 3.77. The number of halogens is 1. The minimum absolute atomic E-state index is 0.0283. The van der Waals surface area contributed by atoms with Crippen LogP contribution in [0.1, 0.15) is 21.7 Å². The van der Waals surface area contributed by atoms with E-state index in [4.69, 9.17) is 4.42 Å². The maximum Gasteiger partial charge on any atom is 0.254 e. The van der Waals surface area contributed by atoms with Crippen LogP contribution in [0.5, 0.6) is 0 Å². The molecule has 3 nitrogen and oxygen atoms in total. The van der Waals surface area contributed by atoms with E-state index in [1.807, 2.05) is 37.3 Å². The van der Waals surface area contributed by atoms with Gasteiger partial charge >= 0.3 is 0 Å². The first kappa shape index (κ1) is 13.1. The second-order valence-electron chi connectivity index (χ2n) is 4.14. The molecular formula is C14H14INO2. The molecule has 1 aromatic carbocycles. The average Bonchev–Trinajstić information content (AvgIpc) is 2.75. The first-order valence-electron chi connectivity index (χ1n) is 5.62. The fraction of sp³-hybridized carbons (Fsp3) is 0.214. The predicted molar refractivity (Wildman–Crippen MR) is 78.4 cm³/mol. The highest BCUT2D eigenvalue weighted by molar-refractivity contribution is 14.1. The van der Waals surface area contributed by atoms with Crippen molar-refractivity contribution in [1.82, 2.24) is 4.90 Å². The summed E-state index contributed by atoms with van der Waals surface area (Å²) in [5, 5.41) is 0. The zero-order chi connectivity index (χ0) is 13.1. The van der Waals surface area contributed by atoms with Crippen molar-refractivity contribution in [2.24, 2.45) is 0 Å². The summed E-state index contributed by atoms with van der Waals surface area (Å²) in [5.74, 6) is 0.887. The van der Waals surface area contributed by atoms with Crippen LogP contribution in [0, 0.1) is 10.5 Å². The van der Waals surface area contributed by atoms with E-state index in [-0.39, 0.29) is 5.91 Å². The molecule has 0 N–H and O–H groups in total. The SMILES string of the molecule is Cc1occc1CN(C)C(=O)c1ccccc1I. The summed E-state index contributed by atoms with van der Waals surface area (Å²) in [6.45, 7) is 2.46. The molecule has 0 bridgehead atoms. The van der Waals surface area contributed by atoms with Gasteiger partial charge in [-0.15, -0.1) is 0 Å². The molecule has 2 rings (SSSR count). The van der Waals surface area contributed by atoms with Crippen LogP contribution >= 0.6 is 22.6 Å². The molecule has 4 heteroatoms. The highest BCUT2D eigenvalue weighted by Gasteiger charge is 2.15. The number of furan rings is 1. The molecule has 1 aromatic heterocycles. The Hall–Kier alpha value is -1.30. The van der Waals surface area contributed by atoms with E-state index in [1.165, 1.54) is 0 Å². The van der Waals surface area contributed by atoms with E-state index in [1.54, 1.807) is 18.2 Å². The van der Waals surface area contributed by atoms with Crippen molar-refractivity contribution in [2.45, 2.75) is 13.5 Å². The summed E-state index contributed by atoms with van der Waals surface area (Å²) in [7, 11) is 1.80. The van der Waals surface area contributed by atoms with Crippen molar-refractivity contribution in [3.05, 3.63) is 57.1 Å². The summed E-state index contributed by atoms with van der Waals surface area (Å²) < 4.78 is 6.20. The normalized spacial score (nSPS) is 10.4. The largest absolute Gasteiger partial charge is 0.469 e. The molecule has 0 radical (unpaired) electrons. The van der Waals surface area contributed by atoms with Crippen molar-refractivity contribution in [3.63, 3.8) is 0 Å². The first-order valence-corrected chi connectivity index (χ1v) is 6.70. The Bertz CT molecular complexity index is 562. The zero-order valence-electron chi connectivity index (χ0n) is 10.3. The molecule has 2 aromatic rings. The number of carbonyl (C=O) groups is 1. The van der Waals surface area contributed by atoms with Gasteiger partial charge in [-0.05, 0) is 47.7 Å². The lowest BCUT2D eigenvalue weighted by Gasteiger charge is -2.17. The Morgan fingerprint density at radius 3 is 2.67 bits per heavy atom. The van der Waals surface area contributed by atoms with Crippen molar-refractivity contribution in [1.29, 1.82) is 0 Å². The second-order valence-corrected chi connectivity index (χ2v) is 5.31. The summed E-state index contributed by atoms with van der Waals surface area (Å²) in [6, 6.07) is 9.49. The van der Waals surface area contributed by atoms with Crippen molar-refractivity contribution < 1.29 is 9.21 Å². The van der Waals surface area contributed by atoms with E-state index in [9.17, 15) is 4.79 Å². The lowest BCUT2D eigenvalue weighted by Crippen LogP contribution is -2.26. The first-order chi connectivity index (χ1) is 8.59. The molecule has 1 amide bonds. The molecule has 1 heterocycles. The molecule has 0 aliphatic rings. The van der Waals surface area contributed by atoms with Gasteiger partial charge in [-0.3, -0.25) is 4.79 Å². The second kappa shape index (κ2) is 5.56. The quantitative estimate of drug-likeness (QED) is 0.790. The van der Waals surface area contributed by atoms with E-state index in [2.05, 4.69) is 22.6 Å². The van der Waals surface area contributed by atoms with Gasteiger partial charge in [0.05, 0.1) is 11.8 Å². The van der Waals surface area contributed by atoms with Crippen LogP contribution in [-0.4, -0.2) is 17.9 Å². The molecule has 0 aliphatic carbocycles. The van der Waals surface area contributed by atoms with Gasteiger partial charge in [-0.25, -0.2) is 0 Å². The van der Waals surface area contributed by atoms with Gasteiger partial charge in [0.1, 0.15) is 5.76 Å². The van der Waals surface area contributed by atoms with Crippen LogP contribution in [0.2, 0.25) is 0 Å². The Kier molecular flexibility index (Phi) is 4.06. The highest BCUT2D eigenvalue weighted by Crippen LogP contribution is 2.16. The third kappa shape index (κ3) is 2.75. The number of aryl methyl sites for hydroxylation is 1. The molecule has 0 saturated heterocycles. The fourth-order valence-corrected chi connectivity index (χ4v) is 2.36. The van der Waals surface area contributed by atoms with Crippen LogP contribution < -0.4 is 0 Å². The summed E-state index contributed by atoms with van der Waals surface area (Å²) >= 11 is 2.18. The smallest absolute Gasteiger partial charge is 0.254 e. The minimum Gasteiger partial charge on any atom is -0.469 e. The molecule has 0 fully saturated rings. The number of rotatable bonds is 3. The van der Waals surface area contributed by atoms with Crippen molar-refractivity contribution in [2.75, 3.05) is 7.05 Å². The Balaban J connectivity index is 2.15. The number of hydrogen-bond donors (Lipinski definition) is 0. The third-order valence-electron chi connectivity index (χ3n) is 2.82. The monoisotopic (exact) mass is 355 g/mol. The van der Waals surface area contributed by atoms with E-state index in [0.29, 0.717) is 6.54 Å². The van der Waals surface area contributed by atoms with Gasteiger partial charge in [0.25, 0.3) is 5.91 Å². The van der Waals surface area contributed by atoms with Crippen LogP contribution in [0.3, 0.4) is 0 Å². The van der Waals surface area contributed by atoms with Gasteiger partial charge < -0.3 is 9.32 Å². The van der Waals surface area contributed by atoms with Crippen LogP contribution in [-0.2, 0) is 6.54 Å². The fourth-order valence-electron chi connectivity index (χ4n) is 1.74. The molecule has 94 valence electrons. The lowest BCUT2D eigenvalue weighted by atomic mass is 10.2. The molecule has 0 saturated carbocycles. The summed E-state index contributed by atoms with van der Waals surface area (Å²) in [6.07, 6.45) is 1.65. The Morgan fingerprint density at radius 1 is 1.33 bits per heavy atom. The van der Waals surface area contributed by atoms with Crippen LogP contribution in [0.4, 0.5) is 0 Å².